The molecule has 0 aliphatic carbocycles. The predicted octanol–water partition coefficient (Wildman–Crippen LogP) is 6.71. The summed E-state index contributed by atoms with van der Waals surface area (Å²) in [4.78, 5) is 40.9. The maximum Gasteiger partial charge on any atom is 0.328 e. The van der Waals surface area contributed by atoms with Crippen LogP contribution in [0.1, 0.15) is 46.6 Å². The predicted molar refractivity (Wildman–Crippen MR) is 223 cm³/mol. The fourth-order valence-corrected chi connectivity index (χ4v) is 7.64. The van der Waals surface area contributed by atoms with Gasteiger partial charge < -0.3 is 34.9 Å². The number of carbonyl (C=O) groups excluding carboxylic acids is 2. The Morgan fingerprint density at radius 2 is 1.51 bits per heavy atom. The quantitative estimate of drug-likeness (QED) is 0.0628. The molecule has 0 saturated carbocycles. The van der Waals surface area contributed by atoms with E-state index < -0.39 is 24.3 Å². The van der Waals surface area contributed by atoms with Crippen molar-refractivity contribution < 1.29 is 33.8 Å². The third-order valence-electron chi connectivity index (χ3n) is 10.9. The average Bonchev–Trinajstić information content (AvgIpc) is 3.28. The van der Waals surface area contributed by atoms with Gasteiger partial charge in [-0.1, -0.05) is 103 Å². The highest BCUT2D eigenvalue weighted by molar-refractivity contribution is 5.84. The van der Waals surface area contributed by atoms with Crippen LogP contribution in [0.15, 0.2) is 127 Å². The molecular weight excluding hydrogens is 751 g/mol. The third-order valence-corrected chi connectivity index (χ3v) is 10.9. The molecule has 2 amide bonds. The number of carbonyl (C=O) groups is 2. The Labute approximate surface area is 343 Å². The van der Waals surface area contributed by atoms with Gasteiger partial charge in [-0.15, -0.1) is 0 Å². The molecule has 0 unspecified atom stereocenters. The standard InChI is InChI=1S/C46H49N5O8/c1-57-44(53)42(27-32-7-3-2-4-8-32)48-46(54)47-29-37-9-5-6-10-41(37)34-15-17-36(18-16-34)45-58-40(28-43(59-45)35-13-11-33(31-52)12-14-35)30-49-23-25-50(26-24-49)38-19-21-39(22-20-38)51(55)56/h2-22,40,42-43,45,52H,23-31H2,1H3,(H2,47,48,54)/t40-,42+,43+,45+/m1/s1. The minimum Gasteiger partial charge on any atom is -0.467 e. The van der Waals surface area contributed by atoms with Crippen molar-refractivity contribution >= 4 is 23.4 Å². The Kier molecular flexibility index (Phi) is 13.6. The Hall–Kier alpha value is -6.12. The maximum absolute atomic E-state index is 13.0. The molecule has 2 fully saturated rings. The summed E-state index contributed by atoms with van der Waals surface area (Å²) in [7, 11) is 1.30. The minimum atomic E-state index is -0.840. The van der Waals surface area contributed by atoms with Gasteiger partial charge in [-0.05, 0) is 45.5 Å². The molecule has 2 aliphatic heterocycles. The highest BCUT2D eigenvalue weighted by Crippen LogP contribution is 2.39. The van der Waals surface area contributed by atoms with Crippen LogP contribution in [0.5, 0.6) is 0 Å². The van der Waals surface area contributed by atoms with Gasteiger partial charge in [-0.2, -0.15) is 0 Å². The third kappa shape index (κ3) is 10.7. The number of hydrogen-bond acceptors (Lipinski definition) is 10. The van der Waals surface area contributed by atoms with E-state index in [1.165, 1.54) is 7.11 Å². The van der Waals surface area contributed by atoms with E-state index in [0.717, 1.165) is 77.4 Å². The number of ether oxygens (including phenoxy) is 3. The first kappa shape index (κ1) is 41.1. The number of nitrogens with zero attached hydrogens (tertiary/aromatic N) is 3. The van der Waals surface area contributed by atoms with Crippen LogP contribution >= 0.6 is 0 Å². The zero-order valence-electron chi connectivity index (χ0n) is 32.9. The SMILES string of the molecule is COC(=O)[C@H](Cc1ccccc1)NC(=O)NCc1ccccc1-c1ccc([C@H]2O[C@@H](CN3CCN(c4ccc([N+](=O)[O-])cc4)CC3)C[C@@H](c3ccc(CO)cc3)O2)cc1. The molecule has 2 aliphatic rings. The molecule has 5 aromatic carbocycles. The lowest BCUT2D eigenvalue weighted by Gasteiger charge is -2.41. The number of benzene rings is 5. The van der Waals surface area contributed by atoms with Crippen molar-refractivity contribution in [3.63, 3.8) is 0 Å². The van der Waals surface area contributed by atoms with E-state index in [4.69, 9.17) is 14.2 Å². The molecule has 4 atom stereocenters. The number of esters is 1. The molecule has 2 saturated heterocycles. The van der Waals surface area contributed by atoms with Crippen molar-refractivity contribution in [3.05, 3.63) is 165 Å². The van der Waals surface area contributed by atoms with Crippen molar-refractivity contribution in [2.45, 2.75) is 50.5 Å². The van der Waals surface area contributed by atoms with E-state index in [1.54, 1.807) is 12.1 Å². The number of urea groups is 1. The second kappa shape index (κ2) is 19.6. The highest BCUT2D eigenvalue weighted by atomic mass is 16.7. The van der Waals surface area contributed by atoms with Gasteiger partial charge in [0.1, 0.15) is 6.04 Å². The monoisotopic (exact) mass is 799 g/mol. The second-order valence-corrected chi connectivity index (χ2v) is 14.8. The number of anilines is 1. The minimum absolute atomic E-state index is 0.0324. The molecule has 3 N–H and O–H groups in total. The van der Waals surface area contributed by atoms with Gasteiger partial charge in [0.25, 0.3) is 5.69 Å². The Morgan fingerprint density at radius 3 is 2.19 bits per heavy atom. The van der Waals surface area contributed by atoms with Crippen molar-refractivity contribution in [3.8, 4) is 11.1 Å². The first-order valence-electron chi connectivity index (χ1n) is 19.8. The van der Waals surface area contributed by atoms with Crippen LogP contribution in [0, 0.1) is 10.1 Å². The largest absolute Gasteiger partial charge is 0.467 e. The highest BCUT2D eigenvalue weighted by Gasteiger charge is 2.34. The summed E-state index contributed by atoms with van der Waals surface area (Å²) < 4.78 is 18.3. The Bertz CT molecular complexity index is 2160. The molecular formula is C46H49N5O8. The molecule has 2 heterocycles. The second-order valence-electron chi connectivity index (χ2n) is 14.8. The Balaban J connectivity index is 1.01. The summed E-state index contributed by atoms with van der Waals surface area (Å²) in [5, 5.41) is 26.4. The molecule has 0 bridgehead atoms. The molecule has 0 aromatic heterocycles. The van der Waals surface area contributed by atoms with Gasteiger partial charge in [0.05, 0.1) is 30.8 Å². The molecule has 7 rings (SSSR count). The molecule has 13 nitrogen and oxygen atoms in total. The van der Waals surface area contributed by atoms with Gasteiger partial charge in [0.2, 0.25) is 0 Å². The van der Waals surface area contributed by atoms with E-state index in [2.05, 4.69) is 20.4 Å². The molecule has 306 valence electrons. The lowest BCUT2D eigenvalue weighted by atomic mass is 9.97. The number of piperazine rings is 1. The molecule has 5 aromatic rings. The number of aliphatic hydroxyl groups excluding tert-OH is 1. The van der Waals surface area contributed by atoms with Gasteiger partial charge in [-0.3, -0.25) is 15.0 Å². The fraction of sp³-hybridized carbons (Fsp3) is 0.304. The number of amides is 2. The van der Waals surface area contributed by atoms with Gasteiger partial charge >= 0.3 is 12.0 Å². The smallest absolute Gasteiger partial charge is 0.328 e. The zero-order chi connectivity index (χ0) is 41.1. The van der Waals surface area contributed by atoms with Crippen LogP contribution in [0.25, 0.3) is 11.1 Å². The van der Waals surface area contributed by atoms with Crippen LogP contribution in [0.3, 0.4) is 0 Å². The van der Waals surface area contributed by atoms with Crippen molar-refractivity contribution in [1.82, 2.24) is 15.5 Å². The summed E-state index contributed by atoms with van der Waals surface area (Å²) in [5.74, 6) is -0.521. The van der Waals surface area contributed by atoms with Crippen LogP contribution in [0.2, 0.25) is 0 Å². The summed E-state index contributed by atoms with van der Waals surface area (Å²) >= 11 is 0. The molecule has 0 spiro atoms. The Morgan fingerprint density at radius 1 is 0.831 bits per heavy atom. The van der Waals surface area contributed by atoms with Crippen LogP contribution in [0.4, 0.5) is 16.2 Å². The average molecular weight is 800 g/mol. The molecule has 0 radical (unpaired) electrons. The number of aliphatic hydroxyl groups is 1. The van der Waals surface area contributed by atoms with Crippen LogP contribution < -0.4 is 15.5 Å². The normalized spacial score (nSPS) is 18.7. The number of nitro groups is 1. The van der Waals surface area contributed by atoms with Crippen molar-refractivity contribution in [2.24, 2.45) is 0 Å². The maximum atomic E-state index is 13.0. The van der Waals surface area contributed by atoms with Crippen LogP contribution in [-0.2, 0) is 38.6 Å². The van der Waals surface area contributed by atoms with Gasteiger partial charge in [0, 0.05) is 75.5 Å². The van der Waals surface area contributed by atoms with E-state index >= 15 is 0 Å². The first-order chi connectivity index (χ1) is 28.8. The van der Waals surface area contributed by atoms with E-state index in [9.17, 15) is 24.8 Å². The molecule has 59 heavy (non-hydrogen) atoms. The number of hydrogen-bond donors (Lipinski definition) is 3. The first-order valence-corrected chi connectivity index (χ1v) is 19.8. The van der Waals surface area contributed by atoms with E-state index in [1.807, 2.05) is 115 Å². The summed E-state index contributed by atoms with van der Waals surface area (Å²) in [6.45, 7) is 4.15. The topological polar surface area (TPSA) is 156 Å². The van der Waals surface area contributed by atoms with Gasteiger partial charge in [0.15, 0.2) is 6.29 Å². The summed E-state index contributed by atoms with van der Waals surface area (Å²) in [6, 6.07) is 38.6. The summed E-state index contributed by atoms with van der Waals surface area (Å²) in [5.41, 5.74) is 7.49. The van der Waals surface area contributed by atoms with Crippen LogP contribution in [-0.4, -0.2) is 78.9 Å². The number of nitro benzene ring substituents is 1. The number of nitrogens with one attached hydrogen (secondary N) is 2. The van der Waals surface area contributed by atoms with Crippen molar-refractivity contribution in [2.75, 3.05) is 44.7 Å². The zero-order valence-corrected chi connectivity index (χ0v) is 32.9. The lowest BCUT2D eigenvalue weighted by molar-refractivity contribution is -0.384. The number of non-ortho nitro benzene ring substituents is 1. The van der Waals surface area contributed by atoms with Gasteiger partial charge in [-0.25, -0.2) is 9.59 Å². The summed E-state index contributed by atoms with van der Waals surface area (Å²) in [6.07, 6.45) is 0.00371. The molecule has 13 heteroatoms. The van der Waals surface area contributed by atoms with E-state index in [0.29, 0.717) is 12.8 Å². The number of methoxy groups -OCH3 is 1. The lowest BCUT2D eigenvalue weighted by Crippen LogP contribution is -2.49. The fourth-order valence-electron chi connectivity index (χ4n) is 7.64. The number of rotatable bonds is 14. The van der Waals surface area contributed by atoms with E-state index in [-0.39, 0.29) is 36.0 Å². The van der Waals surface area contributed by atoms with Crippen molar-refractivity contribution in [1.29, 1.82) is 0 Å².